The lowest BCUT2D eigenvalue weighted by molar-refractivity contribution is 1.07. The number of aromatic nitrogens is 4. The van der Waals surface area contributed by atoms with E-state index >= 15 is 0 Å². The molecule has 0 N–H and O–H groups in total. The molecular weight excluding hydrogens is 427 g/mol. The molecule has 0 fully saturated rings. The van der Waals surface area contributed by atoms with Gasteiger partial charge < -0.3 is 0 Å². The van der Waals surface area contributed by atoms with E-state index in [4.69, 9.17) is 22.8 Å². The lowest BCUT2D eigenvalue weighted by Gasteiger charge is -2.12. The molecule has 6 aromatic rings. The minimum Gasteiger partial charge on any atom is -0.256 e. The van der Waals surface area contributed by atoms with Crippen LogP contribution in [0.25, 0.3) is 56.2 Å². The van der Waals surface area contributed by atoms with Gasteiger partial charge >= 0.3 is 0 Å². The fourth-order valence-electron chi connectivity index (χ4n) is 4.21. The summed E-state index contributed by atoms with van der Waals surface area (Å²) in [5, 5.41) is 1.08. The third-order valence-corrected chi connectivity index (χ3v) is 5.86. The van der Waals surface area contributed by atoms with Crippen molar-refractivity contribution >= 4 is 24.2 Å². The number of pyridine rings is 1. The molecule has 2 heterocycles. The molecule has 0 saturated carbocycles. The van der Waals surface area contributed by atoms with E-state index in [1.54, 1.807) is 0 Å². The van der Waals surface area contributed by atoms with E-state index in [1.165, 1.54) is 0 Å². The van der Waals surface area contributed by atoms with Crippen molar-refractivity contribution in [1.82, 2.24) is 19.9 Å². The van der Waals surface area contributed by atoms with Crippen LogP contribution in [0.5, 0.6) is 0 Å². The van der Waals surface area contributed by atoms with Gasteiger partial charge in [0, 0.05) is 33.8 Å². The van der Waals surface area contributed by atoms with Gasteiger partial charge in [-0.05, 0) is 17.7 Å². The summed E-state index contributed by atoms with van der Waals surface area (Å²) in [6, 6.07) is 36.0. The van der Waals surface area contributed by atoms with E-state index in [0.29, 0.717) is 22.9 Å². The summed E-state index contributed by atoms with van der Waals surface area (Å²) in [7, 11) is 6.38. The Labute approximate surface area is 204 Å². The van der Waals surface area contributed by atoms with E-state index < -0.39 is 0 Å². The molecule has 2 aromatic heterocycles. The summed E-state index contributed by atoms with van der Waals surface area (Å²) in [6.07, 6.45) is 1.81. The molecule has 0 aliphatic rings. The van der Waals surface area contributed by atoms with Crippen LogP contribution in [-0.2, 0) is 0 Å². The molecule has 162 valence electrons. The standard InChI is InChI=1S/C30H19BN4/c31-25-18-23(26-15-7-13-20-14-8-16-32-27(20)26)17-24(19-25)30-34-28(21-9-3-1-4-10-21)33-29(35-30)22-11-5-2-6-12-22/h1-19H. The summed E-state index contributed by atoms with van der Waals surface area (Å²) >= 11 is 0. The van der Waals surface area contributed by atoms with E-state index in [9.17, 15) is 0 Å². The molecule has 4 aromatic carbocycles. The Bertz CT molecular complexity index is 1590. The van der Waals surface area contributed by atoms with Crippen molar-refractivity contribution in [2.24, 2.45) is 0 Å². The van der Waals surface area contributed by atoms with Gasteiger partial charge in [0.15, 0.2) is 17.5 Å². The highest BCUT2D eigenvalue weighted by molar-refractivity contribution is 6.33. The van der Waals surface area contributed by atoms with E-state index in [2.05, 4.69) is 29.2 Å². The first-order chi connectivity index (χ1) is 17.2. The second-order valence-corrected chi connectivity index (χ2v) is 8.26. The maximum absolute atomic E-state index is 6.38. The fourth-order valence-corrected chi connectivity index (χ4v) is 4.21. The van der Waals surface area contributed by atoms with Gasteiger partial charge in [-0.15, -0.1) is 0 Å². The zero-order valence-corrected chi connectivity index (χ0v) is 18.8. The van der Waals surface area contributed by atoms with Crippen molar-refractivity contribution in [3.63, 3.8) is 0 Å². The Kier molecular flexibility index (Phi) is 5.36. The van der Waals surface area contributed by atoms with Gasteiger partial charge in [0.2, 0.25) is 0 Å². The SMILES string of the molecule is [B]c1cc(-c2nc(-c3ccccc3)nc(-c3ccccc3)n2)cc(-c2cccc3cccnc23)c1. The molecule has 5 heteroatoms. The first-order valence-corrected chi connectivity index (χ1v) is 11.4. The largest absolute Gasteiger partial charge is 0.256 e. The lowest BCUT2D eigenvalue weighted by atomic mass is 9.89. The summed E-state index contributed by atoms with van der Waals surface area (Å²) in [5.74, 6) is 1.80. The van der Waals surface area contributed by atoms with Crippen LogP contribution in [0.3, 0.4) is 0 Å². The first kappa shape index (κ1) is 20.9. The Morgan fingerprint density at radius 3 is 1.71 bits per heavy atom. The highest BCUT2D eigenvalue weighted by atomic mass is 15.0. The monoisotopic (exact) mass is 446 g/mol. The number of para-hydroxylation sites is 1. The Balaban J connectivity index is 1.55. The van der Waals surface area contributed by atoms with Crippen LogP contribution >= 0.6 is 0 Å². The van der Waals surface area contributed by atoms with Gasteiger partial charge in [0.05, 0.1) is 5.52 Å². The number of nitrogens with zero attached hydrogens (tertiary/aromatic N) is 4. The Hall–Kier alpha value is -4.64. The maximum atomic E-state index is 6.38. The van der Waals surface area contributed by atoms with Crippen LogP contribution in [0.1, 0.15) is 0 Å². The van der Waals surface area contributed by atoms with Gasteiger partial charge in [0.1, 0.15) is 7.85 Å². The number of hydrogen-bond donors (Lipinski definition) is 0. The minimum absolute atomic E-state index is 0.569. The van der Waals surface area contributed by atoms with Crippen LogP contribution in [0.4, 0.5) is 0 Å². The summed E-state index contributed by atoms with van der Waals surface area (Å²) in [5.41, 5.74) is 6.21. The third-order valence-electron chi connectivity index (χ3n) is 5.86. The zero-order chi connectivity index (χ0) is 23.6. The summed E-state index contributed by atoms with van der Waals surface area (Å²) in [4.78, 5) is 19.1. The number of fused-ring (bicyclic) bond motifs is 1. The molecule has 4 nitrogen and oxygen atoms in total. The molecule has 0 saturated heterocycles. The molecule has 0 amide bonds. The van der Waals surface area contributed by atoms with Crippen molar-refractivity contribution in [3.05, 3.63) is 115 Å². The highest BCUT2D eigenvalue weighted by Gasteiger charge is 2.14. The van der Waals surface area contributed by atoms with Crippen molar-refractivity contribution in [2.45, 2.75) is 0 Å². The smallest absolute Gasteiger partial charge is 0.164 e. The topological polar surface area (TPSA) is 51.6 Å². The average molecular weight is 446 g/mol. The molecule has 0 unspecified atom stereocenters. The van der Waals surface area contributed by atoms with Crippen LogP contribution in [0, 0.1) is 0 Å². The number of hydrogen-bond acceptors (Lipinski definition) is 4. The minimum atomic E-state index is 0.569. The van der Waals surface area contributed by atoms with Crippen molar-refractivity contribution in [1.29, 1.82) is 0 Å². The van der Waals surface area contributed by atoms with Gasteiger partial charge in [-0.25, -0.2) is 15.0 Å². The van der Waals surface area contributed by atoms with Crippen LogP contribution in [-0.4, -0.2) is 27.8 Å². The predicted octanol–water partition coefficient (Wildman–Crippen LogP) is 5.88. The van der Waals surface area contributed by atoms with Gasteiger partial charge in [0.25, 0.3) is 0 Å². The van der Waals surface area contributed by atoms with Crippen molar-refractivity contribution in [2.75, 3.05) is 0 Å². The maximum Gasteiger partial charge on any atom is 0.164 e. The van der Waals surface area contributed by atoms with E-state index in [0.717, 1.165) is 38.7 Å². The number of benzene rings is 4. The molecule has 0 bridgehead atoms. The number of rotatable bonds is 4. The van der Waals surface area contributed by atoms with E-state index in [-0.39, 0.29) is 0 Å². The first-order valence-electron chi connectivity index (χ1n) is 11.4. The molecule has 0 aliphatic heterocycles. The summed E-state index contributed by atoms with van der Waals surface area (Å²) < 4.78 is 0. The van der Waals surface area contributed by atoms with Crippen molar-refractivity contribution in [3.8, 4) is 45.3 Å². The quantitative estimate of drug-likeness (QED) is 0.317. The zero-order valence-electron chi connectivity index (χ0n) is 18.8. The van der Waals surface area contributed by atoms with E-state index in [1.807, 2.05) is 91.1 Å². The Morgan fingerprint density at radius 2 is 1.06 bits per heavy atom. The molecule has 35 heavy (non-hydrogen) atoms. The molecule has 0 atom stereocenters. The van der Waals surface area contributed by atoms with Crippen LogP contribution in [0.15, 0.2) is 115 Å². The van der Waals surface area contributed by atoms with Gasteiger partial charge in [-0.1, -0.05) is 103 Å². The normalized spacial score (nSPS) is 11.0. The molecule has 2 radical (unpaired) electrons. The van der Waals surface area contributed by atoms with Gasteiger partial charge in [-0.2, -0.15) is 0 Å². The molecule has 0 spiro atoms. The van der Waals surface area contributed by atoms with Crippen LogP contribution < -0.4 is 5.46 Å². The lowest BCUT2D eigenvalue weighted by Crippen LogP contribution is -2.06. The molecule has 6 rings (SSSR count). The summed E-state index contributed by atoms with van der Waals surface area (Å²) in [6.45, 7) is 0. The molecular formula is C30H19BN4. The average Bonchev–Trinajstić information content (AvgIpc) is 2.93. The van der Waals surface area contributed by atoms with Crippen LogP contribution in [0.2, 0.25) is 0 Å². The second-order valence-electron chi connectivity index (χ2n) is 8.26. The Morgan fingerprint density at radius 1 is 0.486 bits per heavy atom. The second kappa shape index (κ2) is 8.95. The van der Waals surface area contributed by atoms with Gasteiger partial charge in [-0.3, -0.25) is 4.98 Å². The predicted molar refractivity (Wildman–Crippen MR) is 142 cm³/mol. The third kappa shape index (κ3) is 4.20. The molecule has 0 aliphatic carbocycles. The fraction of sp³-hybridized carbons (Fsp3) is 0. The highest BCUT2D eigenvalue weighted by Crippen LogP contribution is 2.30. The van der Waals surface area contributed by atoms with Crippen molar-refractivity contribution < 1.29 is 0 Å².